The Kier molecular flexibility index (Phi) is 2.10. The van der Waals surface area contributed by atoms with Crippen LogP contribution in [-0.2, 0) is 6.42 Å². The van der Waals surface area contributed by atoms with E-state index in [4.69, 9.17) is 5.73 Å². The molecular formula is C11H15NO. The maximum absolute atomic E-state index is 9.61. The van der Waals surface area contributed by atoms with Crippen molar-refractivity contribution in [2.24, 2.45) is 11.7 Å². The summed E-state index contributed by atoms with van der Waals surface area (Å²) in [6, 6.07) is 10.2. The third kappa shape index (κ3) is 1.74. The third-order valence-electron chi connectivity index (χ3n) is 2.93. The molecule has 1 saturated carbocycles. The molecule has 2 atom stereocenters. The highest BCUT2D eigenvalue weighted by atomic mass is 16.3. The molecule has 0 amide bonds. The van der Waals surface area contributed by atoms with Gasteiger partial charge in [0.2, 0.25) is 0 Å². The number of rotatable bonds is 2. The molecule has 2 rings (SSSR count). The summed E-state index contributed by atoms with van der Waals surface area (Å²) in [5.41, 5.74) is 6.02. The zero-order chi connectivity index (χ0) is 9.31. The molecule has 0 bridgehead atoms. The fraction of sp³-hybridized carbons (Fsp3) is 0.455. The average Bonchev–Trinajstić information content (AvgIpc) is 2.15. The van der Waals surface area contributed by atoms with Crippen LogP contribution in [0.25, 0.3) is 0 Å². The molecule has 1 aliphatic carbocycles. The zero-order valence-electron chi connectivity index (χ0n) is 7.61. The second kappa shape index (κ2) is 3.13. The average molecular weight is 177 g/mol. The summed E-state index contributed by atoms with van der Waals surface area (Å²) in [5, 5.41) is 9.61. The van der Waals surface area contributed by atoms with E-state index in [1.807, 2.05) is 18.2 Å². The summed E-state index contributed by atoms with van der Waals surface area (Å²) >= 11 is 0. The van der Waals surface area contributed by atoms with E-state index in [1.165, 1.54) is 5.56 Å². The quantitative estimate of drug-likeness (QED) is 0.668. The van der Waals surface area contributed by atoms with E-state index < -0.39 is 5.72 Å². The summed E-state index contributed by atoms with van der Waals surface area (Å²) < 4.78 is 0. The van der Waals surface area contributed by atoms with Crippen molar-refractivity contribution in [3.63, 3.8) is 0 Å². The second-order valence-corrected chi connectivity index (χ2v) is 3.92. The first-order chi connectivity index (χ1) is 6.18. The van der Waals surface area contributed by atoms with E-state index in [9.17, 15) is 5.11 Å². The van der Waals surface area contributed by atoms with Crippen LogP contribution in [0.2, 0.25) is 0 Å². The molecule has 0 saturated heterocycles. The number of hydrogen-bond donors (Lipinski definition) is 2. The maximum Gasteiger partial charge on any atom is 0.116 e. The van der Waals surface area contributed by atoms with Crippen molar-refractivity contribution in [3.05, 3.63) is 35.9 Å². The van der Waals surface area contributed by atoms with Gasteiger partial charge in [-0.15, -0.1) is 0 Å². The molecule has 0 radical (unpaired) electrons. The molecule has 70 valence electrons. The van der Waals surface area contributed by atoms with E-state index in [0.717, 1.165) is 19.3 Å². The monoisotopic (exact) mass is 177 g/mol. The lowest BCUT2D eigenvalue weighted by molar-refractivity contribution is -0.0883. The van der Waals surface area contributed by atoms with Crippen LogP contribution in [0.4, 0.5) is 0 Å². The first kappa shape index (κ1) is 8.73. The SMILES string of the molecule is NC1(O)CCC1Cc1ccccc1. The van der Waals surface area contributed by atoms with E-state index >= 15 is 0 Å². The Morgan fingerprint density at radius 3 is 2.54 bits per heavy atom. The van der Waals surface area contributed by atoms with Crippen LogP contribution in [0.5, 0.6) is 0 Å². The van der Waals surface area contributed by atoms with Gasteiger partial charge in [0.25, 0.3) is 0 Å². The van der Waals surface area contributed by atoms with Crippen LogP contribution in [0.1, 0.15) is 18.4 Å². The Labute approximate surface area is 78.4 Å². The van der Waals surface area contributed by atoms with Crippen LogP contribution in [0.3, 0.4) is 0 Å². The summed E-state index contributed by atoms with van der Waals surface area (Å²) in [4.78, 5) is 0. The standard InChI is InChI=1S/C11H15NO/c12-11(13)7-6-10(11)8-9-4-2-1-3-5-9/h1-5,10,13H,6-8,12H2. The fourth-order valence-electron chi connectivity index (χ4n) is 1.82. The lowest BCUT2D eigenvalue weighted by Crippen LogP contribution is -2.55. The molecule has 0 spiro atoms. The number of nitrogens with two attached hydrogens (primary N) is 1. The topological polar surface area (TPSA) is 46.2 Å². The molecule has 0 aliphatic heterocycles. The molecule has 1 fully saturated rings. The van der Waals surface area contributed by atoms with Gasteiger partial charge in [-0.1, -0.05) is 30.3 Å². The highest BCUT2D eigenvalue weighted by molar-refractivity contribution is 5.16. The van der Waals surface area contributed by atoms with Crippen molar-refractivity contribution < 1.29 is 5.11 Å². The molecule has 3 N–H and O–H groups in total. The molecule has 0 heterocycles. The van der Waals surface area contributed by atoms with Crippen LogP contribution in [0, 0.1) is 5.92 Å². The van der Waals surface area contributed by atoms with Crippen LogP contribution in [-0.4, -0.2) is 10.8 Å². The minimum absolute atomic E-state index is 0.245. The predicted molar refractivity (Wildman–Crippen MR) is 52.0 cm³/mol. The molecule has 0 aromatic heterocycles. The van der Waals surface area contributed by atoms with Gasteiger partial charge < -0.3 is 10.8 Å². The van der Waals surface area contributed by atoms with Crippen molar-refractivity contribution in [3.8, 4) is 0 Å². The van der Waals surface area contributed by atoms with Crippen molar-refractivity contribution in [2.45, 2.75) is 25.0 Å². The minimum atomic E-state index is -0.907. The molecule has 13 heavy (non-hydrogen) atoms. The number of aliphatic hydroxyl groups is 1. The Morgan fingerprint density at radius 1 is 1.38 bits per heavy atom. The molecule has 1 aromatic carbocycles. The van der Waals surface area contributed by atoms with Gasteiger partial charge in [-0.2, -0.15) is 0 Å². The van der Waals surface area contributed by atoms with Gasteiger partial charge >= 0.3 is 0 Å². The highest BCUT2D eigenvalue weighted by Gasteiger charge is 2.41. The van der Waals surface area contributed by atoms with Gasteiger partial charge in [0, 0.05) is 5.92 Å². The first-order valence-corrected chi connectivity index (χ1v) is 4.74. The van der Waals surface area contributed by atoms with Crippen molar-refractivity contribution in [2.75, 3.05) is 0 Å². The number of hydrogen-bond acceptors (Lipinski definition) is 2. The van der Waals surface area contributed by atoms with E-state index in [-0.39, 0.29) is 5.92 Å². The van der Waals surface area contributed by atoms with Gasteiger partial charge in [0.15, 0.2) is 0 Å². The van der Waals surface area contributed by atoms with Gasteiger partial charge in [-0.3, -0.25) is 0 Å². The molecule has 2 nitrogen and oxygen atoms in total. The molecule has 1 aromatic rings. The highest BCUT2D eigenvalue weighted by Crippen LogP contribution is 2.36. The Balaban J connectivity index is 2.00. The maximum atomic E-state index is 9.61. The predicted octanol–water partition coefficient (Wildman–Crippen LogP) is 1.29. The van der Waals surface area contributed by atoms with Gasteiger partial charge in [-0.25, -0.2) is 0 Å². The zero-order valence-corrected chi connectivity index (χ0v) is 7.61. The fourth-order valence-corrected chi connectivity index (χ4v) is 1.82. The lowest BCUT2D eigenvalue weighted by Gasteiger charge is -2.42. The van der Waals surface area contributed by atoms with Gasteiger partial charge in [-0.05, 0) is 24.8 Å². The largest absolute Gasteiger partial charge is 0.376 e. The Hall–Kier alpha value is -0.860. The van der Waals surface area contributed by atoms with Gasteiger partial charge in [0.1, 0.15) is 5.72 Å². The number of benzene rings is 1. The van der Waals surface area contributed by atoms with Crippen molar-refractivity contribution in [1.29, 1.82) is 0 Å². The summed E-state index contributed by atoms with van der Waals surface area (Å²) in [5.74, 6) is 0.245. The molecule has 2 heteroatoms. The van der Waals surface area contributed by atoms with Crippen molar-refractivity contribution in [1.82, 2.24) is 0 Å². The van der Waals surface area contributed by atoms with E-state index in [1.54, 1.807) is 0 Å². The second-order valence-electron chi connectivity index (χ2n) is 3.92. The third-order valence-corrected chi connectivity index (χ3v) is 2.93. The summed E-state index contributed by atoms with van der Waals surface area (Å²) in [6.07, 6.45) is 2.68. The Morgan fingerprint density at radius 2 is 2.08 bits per heavy atom. The first-order valence-electron chi connectivity index (χ1n) is 4.74. The normalized spacial score (nSPS) is 32.6. The smallest absolute Gasteiger partial charge is 0.116 e. The lowest BCUT2D eigenvalue weighted by atomic mass is 9.73. The minimum Gasteiger partial charge on any atom is -0.376 e. The summed E-state index contributed by atoms with van der Waals surface area (Å²) in [7, 11) is 0. The van der Waals surface area contributed by atoms with Crippen LogP contribution >= 0.6 is 0 Å². The van der Waals surface area contributed by atoms with E-state index in [2.05, 4.69) is 12.1 Å². The summed E-state index contributed by atoms with van der Waals surface area (Å²) in [6.45, 7) is 0. The molecule has 2 unspecified atom stereocenters. The van der Waals surface area contributed by atoms with Gasteiger partial charge in [0.05, 0.1) is 0 Å². The molecular weight excluding hydrogens is 162 g/mol. The van der Waals surface area contributed by atoms with E-state index in [0.29, 0.717) is 0 Å². The van der Waals surface area contributed by atoms with Crippen LogP contribution in [0.15, 0.2) is 30.3 Å². The van der Waals surface area contributed by atoms with Crippen LogP contribution < -0.4 is 5.73 Å². The molecule has 1 aliphatic rings. The Bertz CT molecular complexity index is 281. The van der Waals surface area contributed by atoms with Crippen molar-refractivity contribution >= 4 is 0 Å².